The van der Waals surface area contributed by atoms with Gasteiger partial charge in [-0.1, -0.05) is 0 Å². The van der Waals surface area contributed by atoms with Crippen molar-refractivity contribution in [2.45, 2.75) is 25.8 Å². The number of aliphatic carboxylic acids is 1. The molecule has 1 amide bonds. The van der Waals surface area contributed by atoms with E-state index in [0.717, 1.165) is 25.4 Å². The normalized spacial score (nSPS) is 16.3. The van der Waals surface area contributed by atoms with Crippen LogP contribution in [0.15, 0.2) is 22.8 Å². The number of hydrogen-bond acceptors (Lipinski definition) is 4. The number of rotatable bonds is 6. The molecule has 1 saturated heterocycles. The molecule has 1 N–H and O–H groups in total. The van der Waals surface area contributed by atoms with Crippen molar-refractivity contribution in [2.75, 3.05) is 26.2 Å². The Hall–Kier alpha value is -1.82. The third kappa shape index (κ3) is 4.38. The summed E-state index contributed by atoms with van der Waals surface area (Å²) in [5.41, 5.74) is 0. The lowest BCUT2D eigenvalue weighted by atomic mass is 10.2. The Morgan fingerprint density at radius 2 is 1.95 bits per heavy atom. The number of amides is 1. The fourth-order valence-electron chi connectivity index (χ4n) is 2.33. The fraction of sp³-hybridized carbons (Fsp3) is 0.571. The summed E-state index contributed by atoms with van der Waals surface area (Å²) in [7, 11) is 0. The summed E-state index contributed by atoms with van der Waals surface area (Å²) in [6, 6.07) is 3.82. The number of carboxylic acid groups (broad SMARTS) is 1. The van der Waals surface area contributed by atoms with E-state index < -0.39 is 5.97 Å². The molecule has 110 valence electrons. The number of piperazine rings is 1. The maximum atomic E-state index is 11.9. The molecule has 0 aliphatic carbocycles. The van der Waals surface area contributed by atoms with Gasteiger partial charge in [-0.3, -0.25) is 14.5 Å². The second-order valence-electron chi connectivity index (χ2n) is 4.98. The van der Waals surface area contributed by atoms with Gasteiger partial charge >= 0.3 is 5.97 Å². The highest BCUT2D eigenvalue weighted by Crippen LogP contribution is 2.10. The van der Waals surface area contributed by atoms with Gasteiger partial charge in [0.25, 0.3) is 0 Å². The maximum absolute atomic E-state index is 11.9. The zero-order valence-corrected chi connectivity index (χ0v) is 11.5. The molecule has 0 atom stereocenters. The SMILES string of the molecule is O=C(O)CCCC(=O)N1CCN(Cc2ccco2)CC1. The number of furan rings is 1. The zero-order chi connectivity index (χ0) is 14.4. The topological polar surface area (TPSA) is 74.0 Å². The van der Waals surface area contributed by atoms with Gasteiger partial charge in [0.2, 0.25) is 5.91 Å². The first-order valence-corrected chi connectivity index (χ1v) is 6.89. The molecule has 0 aromatic carbocycles. The second-order valence-corrected chi connectivity index (χ2v) is 4.98. The van der Waals surface area contributed by atoms with Gasteiger partial charge in [-0.05, 0) is 18.6 Å². The number of hydrogen-bond donors (Lipinski definition) is 1. The number of nitrogens with zero attached hydrogens (tertiary/aromatic N) is 2. The van der Waals surface area contributed by atoms with E-state index in [2.05, 4.69) is 4.90 Å². The van der Waals surface area contributed by atoms with Gasteiger partial charge in [0.05, 0.1) is 12.8 Å². The smallest absolute Gasteiger partial charge is 0.303 e. The van der Waals surface area contributed by atoms with Gasteiger partial charge in [0.1, 0.15) is 5.76 Å². The number of carbonyl (C=O) groups is 2. The van der Waals surface area contributed by atoms with E-state index >= 15 is 0 Å². The summed E-state index contributed by atoms with van der Waals surface area (Å²) in [6.45, 7) is 3.82. The second kappa shape index (κ2) is 7.09. The van der Waals surface area contributed by atoms with E-state index in [-0.39, 0.29) is 12.3 Å². The van der Waals surface area contributed by atoms with Crippen LogP contribution in [0.3, 0.4) is 0 Å². The molecule has 1 aliphatic heterocycles. The summed E-state index contributed by atoms with van der Waals surface area (Å²) in [6.07, 6.45) is 2.47. The molecule has 2 rings (SSSR count). The third-order valence-corrected chi connectivity index (χ3v) is 3.47. The molecule has 1 aliphatic rings. The van der Waals surface area contributed by atoms with Crippen LogP contribution >= 0.6 is 0 Å². The first-order chi connectivity index (χ1) is 9.65. The summed E-state index contributed by atoms with van der Waals surface area (Å²) >= 11 is 0. The molecular weight excluding hydrogens is 260 g/mol. The molecule has 6 heteroatoms. The Kier molecular flexibility index (Phi) is 5.17. The van der Waals surface area contributed by atoms with Crippen molar-refractivity contribution in [1.29, 1.82) is 0 Å². The van der Waals surface area contributed by atoms with Crippen molar-refractivity contribution >= 4 is 11.9 Å². The summed E-state index contributed by atoms with van der Waals surface area (Å²) in [4.78, 5) is 26.4. The van der Waals surface area contributed by atoms with Crippen molar-refractivity contribution in [3.05, 3.63) is 24.2 Å². The monoisotopic (exact) mass is 280 g/mol. The van der Waals surface area contributed by atoms with Crippen molar-refractivity contribution in [3.63, 3.8) is 0 Å². The Morgan fingerprint density at radius 1 is 1.20 bits per heavy atom. The molecule has 2 heterocycles. The number of carboxylic acids is 1. The van der Waals surface area contributed by atoms with Crippen LogP contribution in [0.25, 0.3) is 0 Å². The highest BCUT2D eigenvalue weighted by molar-refractivity contribution is 5.77. The Balaban J connectivity index is 1.68. The van der Waals surface area contributed by atoms with Crippen molar-refractivity contribution in [3.8, 4) is 0 Å². The Morgan fingerprint density at radius 3 is 2.55 bits per heavy atom. The molecule has 6 nitrogen and oxygen atoms in total. The largest absolute Gasteiger partial charge is 0.481 e. The Labute approximate surface area is 118 Å². The van der Waals surface area contributed by atoms with Gasteiger partial charge in [0, 0.05) is 39.0 Å². The molecule has 1 fully saturated rings. The molecular formula is C14H20N2O4. The van der Waals surface area contributed by atoms with Gasteiger partial charge in [-0.25, -0.2) is 0 Å². The quantitative estimate of drug-likeness (QED) is 0.847. The summed E-state index contributed by atoms with van der Waals surface area (Å²) < 4.78 is 5.31. The molecule has 0 unspecified atom stereocenters. The lowest BCUT2D eigenvalue weighted by Gasteiger charge is -2.34. The third-order valence-electron chi connectivity index (χ3n) is 3.47. The van der Waals surface area contributed by atoms with E-state index in [0.29, 0.717) is 25.9 Å². The summed E-state index contributed by atoms with van der Waals surface area (Å²) in [5, 5.41) is 8.55. The first-order valence-electron chi connectivity index (χ1n) is 6.89. The summed E-state index contributed by atoms with van der Waals surface area (Å²) in [5.74, 6) is 0.149. The predicted molar refractivity (Wildman–Crippen MR) is 72.1 cm³/mol. The molecule has 0 spiro atoms. The highest BCUT2D eigenvalue weighted by Gasteiger charge is 2.21. The fourth-order valence-corrected chi connectivity index (χ4v) is 2.33. The standard InChI is InChI=1S/C14H20N2O4/c17-13(4-1-5-14(18)19)16-8-6-15(7-9-16)11-12-3-2-10-20-12/h2-3,10H,1,4-9,11H2,(H,18,19). The lowest BCUT2D eigenvalue weighted by molar-refractivity contribution is -0.137. The van der Waals surface area contributed by atoms with Crippen molar-refractivity contribution in [1.82, 2.24) is 9.80 Å². The Bertz CT molecular complexity index is 436. The van der Waals surface area contributed by atoms with Crippen LogP contribution in [0, 0.1) is 0 Å². The van der Waals surface area contributed by atoms with Gasteiger partial charge in [0.15, 0.2) is 0 Å². The van der Waals surface area contributed by atoms with Crippen LogP contribution in [-0.2, 0) is 16.1 Å². The lowest BCUT2D eigenvalue weighted by Crippen LogP contribution is -2.48. The van der Waals surface area contributed by atoms with Crippen LogP contribution in [0.5, 0.6) is 0 Å². The average Bonchev–Trinajstić information content (AvgIpc) is 2.92. The highest BCUT2D eigenvalue weighted by atomic mass is 16.4. The number of carbonyl (C=O) groups excluding carboxylic acids is 1. The predicted octanol–water partition coefficient (Wildman–Crippen LogP) is 1.18. The minimum atomic E-state index is -0.846. The molecule has 0 saturated carbocycles. The molecule has 0 radical (unpaired) electrons. The van der Waals surface area contributed by atoms with E-state index in [9.17, 15) is 9.59 Å². The van der Waals surface area contributed by atoms with Crippen LogP contribution in [0.4, 0.5) is 0 Å². The van der Waals surface area contributed by atoms with E-state index in [1.165, 1.54) is 0 Å². The minimum absolute atomic E-state index is 0.0592. The molecule has 20 heavy (non-hydrogen) atoms. The first kappa shape index (κ1) is 14.6. The molecule has 1 aromatic heterocycles. The molecule has 0 bridgehead atoms. The van der Waals surface area contributed by atoms with Gasteiger partial charge < -0.3 is 14.4 Å². The maximum Gasteiger partial charge on any atom is 0.303 e. The van der Waals surface area contributed by atoms with Crippen LogP contribution in [0.1, 0.15) is 25.0 Å². The minimum Gasteiger partial charge on any atom is -0.481 e. The zero-order valence-electron chi connectivity index (χ0n) is 11.5. The van der Waals surface area contributed by atoms with Crippen LogP contribution in [-0.4, -0.2) is 53.0 Å². The van der Waals surface area contributed by atoms with E-state index in [1.54, 1.807) is 6.26 Å². The van der Waals surface area contributed by atoms with Crippen LogP contribution in [0.2, 0.25) is 0 Å². The van der Waals surface area contributed by atoms with Crippen molar-refractivity contribution < 1.29 is 19.1 Å². The van der Waals surface area contributed by atoms with Crippen LogP contribution < -0.4 is 0 Å². The van der Waals surface area contributed by atoms with Gasteiger partial charge in [-0.2, -0.15) is 0 Å². The van der Waals surface area contributed by atoms with E-state index in [1.807, 2.05) is 17.0 Å². The average molecular weight is 280 g/mol. The van der Waals surface area contributed by atoms with Gasteiger partial charge in [-0.15, -0.1) is 0 Å². The van der Waals surface area contributed by atoms with Crippen molar-refractivity contribution in [2.24, 2.45) is 0 Å². The van der Waals surface area contributed by atoms with E-state index in [4.69, 9.17) is 9.52 Å². The molecule has 1 aromatic rings.